The highest BCUT2D eigenvalue weighted by atomic mass is 32.1. The number of hydrogen-bond donors (Lipinski definition) is 2. The minimum absolute atomic E-state index is 0.0279. The number of nitrogens with one attached hydrogen (secondary N) is 2. The first kappa shape index (κ1) is 21.3. The lowest BCUT2D eigenvalue weighted by Crippen LogP contribution is -2.48. The van der Waals surface area contributed by atoms with Crippen molar-refractivity contribution in [1.29, 1.82) is 0 Å². The molecule has 1 aliphatic rings. The van der Waals surface area contributed by atoms with Gasteiger partial charge in [0.25, 0.3) is 0 Å². The van der Waals surface area contributed by atoms with Gasteiger partial charge in [0.05, 0.1) is 5.69 Å². The molecule has 0 amide bonds. The zero-order valence-electron chi connectivity index (χ0n) is 15.6. The van der Waals surface area contributed by atoms with Gasteiger partial charge >= 0.3 is 12.5 Å². The lowest BCUT2D eigenvalue weighted by Gasteiger charge is -2.38. The van der Waals surface area contributed by atoms with E-state index in [1.54, 1.807) is 24.3 Å². The van der Waals surface area contributed by atoms with Crippen LogP contribution in [0.2, 0.25) is 0 Å². The summed E-state index contributed by atoms with van der Waals surface area (Å²) in [5, 5.41) is 3.23. The molecule has 3 aromatic rings. The number of H-pyrrole nitrogens is 1. The minimum Gasteiger partial charge on any atom is -0.406 e. The Morgan fingerprint density at radius 3 is 2.35 bits per heavy atom. The molecular formula is C20H15F6N3OS. The monoisotopic (exact) mass is 459 g/mol. The number of thiocarbonyl (C=S) groups is 1. The van der Waals surface area contributed by atoms with Crippen LogP contribution in [-0.4, -0.2) is 34.1 Å². The summed E-state index contributed by atoms with van der Waals surface area (Å²) in [6, 6.07) is 9.60. The second kappa shape index (κ2) is 7.63. The van der Waals surface area contributed by atoms with Crippen LogP contribution in [0.4, 0.5) is 32.0 Å². The number of aromatic nitrogens is 1. The molecule has 0 radical (unpaired) electrons. The fourth-order valence-electron chi connectivity index (χ4n) is 3.74. The van der Waals surface area contributed by atoms with E-state index in [1.165, 1.54) is 12.1 Å². The van der Waals surface area contributed by atoms with Crippen molar-refractivity contribution >= 4 is 33.9 Å². The molecule has 0 fully saturated rings. The predicted molar refractivity (Wildman–Crippen MR) is 107 cm³/mol. The molecule has 4 rings (SSSR count). The van der Waals surface area contributed by atoms with Gasteiger partial charge in [-0.3, -0.25) is 0 Å². The number of anilines is 1. The van der Waals surface area contributed by atoms with Gasteiger partial charge in [-0.15, -0.1) is 13.2 Å². The molecule has 2 heterocycles. The van der Waals surface area contributed by atoms with Gasteiger partial charge in [-0.05, 0) is 54.5 Å². The van der Waals surface area contributed by atoms with Gasteiger partial charge in [0, 0.05) is 23.1 Å². The molecule has 0 saturated carbocycles. The fraction of sp³-hybridized carbons (Fsp3) is 0.250. The number of ether oxygens (including phenoxy) is 1. The summed E-state index contributed by atoms with van der Waals surface area (Å²) in [5.41, 5.74) is 1.49. The molecule has 0 aliphatic carbocycles. The summed E-state index contributed by atoms with van der Waals surface area (Å²) in [6.45, 7) is 0.0279. The Labute approximate surface area is 177 Å². The molecule has 164 valence electrons. The van der Waals surface area contributed by atoms with Crippen molar-refractivity contribution in [2.45, 2.75) is 25.0 Å². The standard InChI is InChI=1S/C20H15F6N3OS/c21-19(22,23)17-16-14(13-3-1-2-4-15(13)28-16)9-10-29(17)18(31)27-11-5-7-12(8-6-11)30-20(24,25)26/h1-8,17,28H,9-10H2,(H,27,31)/t17-/m1/s1. The number of rotatable bonds is 2. The molecule has 0 spiro atoms. The Morgan fingerprint density at radius 1 is 1.03 bits per heavy atom. The van der Waals surface area contributed by atoms with Gasteiger partial charge in [-0.25, -0.2) is 0 Å². The van der Waals surface area contributed by atoms with E-state index in [-0.39, 0.29) is 23.0 Å². The first-order valence-electron chi connectivity index (χ1n) is 9.12. The van der Waals surface area contributed by atoms with E-state index in [0.29, 0.717) is 17.5 Å². The molecule has 0 saturated heterocycles. The van der Waals surface area contributed by atoms with Gasteiger partial charge in [-0.1, -0.05) is 18.2 Å². The van der Waals surface area contributed by atoms with Gasteiger partial charge in [0.1, 0.15) is 5.75 Å². The van der Waals surface area contributed by atoms with Crippen molar-refractivity contribution in [3.05, 3.63) is 59.8 Å². The third kappa shape index (κ3) is 4.41. The number of halogens is 6. The van der Waals surface area contributed by atoms with Crippen molar-refractivity contribution in [2.24, 2.45) is 0 Å². The van der Waals surface area contributed by atoms with Gasteiger partial charge in [-0.2, -0.15) is 13.2 Å². The maximum atomic E-state index is 14.0. The number of para-hydroxylation sites is 1. The summed E-state index contributed by atoms with van der Waals surface area (Å²) >= 11 is 5.22. The maximum absolute atomic E-state index is 14.0. The van der Waals surface area contributed by atoms with E-state index in [0.717, 1.165) is 22.4 Å². The molecule has 1 aliphatic heterocycles. The van der Waals surface area contributed by atoms with Gasteiger partial charge in [0.2, 0.25) is 0 Å². The van der Waals surface area contributed by atoms with E-state index < -0.39 is 24.3 Å². The van der Waals surface area contributed by atoms with Gasteiger partial charge < -0.3 is 19.9 Å². The number of alkyl halides is 6. The van der Waals surface area contributed by atoms with E-state index in [2.05, 4.69) is 15.0 Å². The molecule has 2 aromatic carbocycles. The van der Waals surface area contributed by atoms with Crippen LogP contribution in [-0.2, 0) is 6.42 Å². The highest BCUT2D eigenvalue weighted by Gasteiger charge is 2.49. The van der Waals surface area contributed by atoms with E-state index in [9.17, 15) is 26.3 Å². The molecule has 11 heteroatoms. The number of fused-ring (bicyclic) bond motifs is 3. The number of benzene rings is 2. The topological polar surface area (TPSA) is 40.3 Å². The molecule has 0 bridgehead atoms. The second-order valence-electron chi connectivity index (χ2n) is 6.95. The van der Waals surface area contributed by atoms with Crippen LogP contribution in [0.25, 0.3) is 10.9 Å². The van der Waals surface area contributed by atoms with Gasteiger partial charge in [0.15, 0.2) is 11.2 Å². The molecule has 1 aromatic heterocycles. The first-order valence-corrected chi connectivity index (χ1v) is 9.53. The van der Waals surface area contributed by atoms with Crippen LogP contribution in [0.15, 0.2) is 48.5 Å². The Kier molecular flexibility index (Phi) is 5.24. The SMILES string of the molecule is FC(F)(F)Oc1ccc(NC(=S)N2CCc3c([nH]c4ccccc34)[C@@H]2C(F)(F)F)cc1. The normalized spacial score (nSPS) is 16.8. The largest absolute Gasteiger partial charge is 0.573 e. The zero-order chi connectivity index (χ0) is 22.4. The number of hydrogen-bond acceptors (Lipinski definition) is 2. The third-order valence-corrected chi connectivity index (χ3v) is 5.28. The highest BCUT2D eigenvalue weighted by Crippen LogP contribution is 2.44. The van der Waals surface area contributed by atoms with Crippen LogP contribution in [0.1, 0.15) is 17.3 Å². The smallest absolute Gasteiger partial charge is 0.406 e. The van der Waals surface area contributed by atoms with E-state index in [4.69, 9.17) is 12.2 Å². The Balaban J connectivity index is 1.59. The predicted octanol–water partition coefficient (Wildman–Crippen LogP) is 5.93. The fourth-order valence-corrected chi connectivity index (χ4v) is 4.05. The average molecular weight is 459 g/mol. The summed E-state index contributed by atoms with van der Waals surface area (Å²) in [4.78, 5) is 3.91. The van der Waals surface area contributed by atoms with Crippen molar-refractivity contribution in [3.8, 4) is 5.75 Å². The molecule has 31 heavy (non-hydrogen) atoms. The van der Waals surface area contributed by atoms with Crippen molar-refractivity contribution in [3.63, 3.8) is 0 Å². The van der Waals surface area contributed by atoms with Crippen LogP contribution in [0.5, 0.6) is 5.75 Å². The van der Waals surface area contributed by atoms with E-state index in [1.807, 2.05) is 0 Å². The highest BCUT2D eigenvalue weighted by molar-refractivity contribution is 7.80. The summed E-state index contributed by atoms with van der Waals surface area (Å²) < 4.78 is 82.7. The molecule has 4 nitrogen and oxygen atoms in total. The lowest BCUT2D eigenvalue weighted by molar-refractivity contribution is -0.274. The second-order valence-corrected chi connectivity index (χ2v) is 7.34. The van der Waals surface area contributed by atoms with Crippen LogP contribution in [0.3, 0.4) is 0 Å². The maximum Gasteiger partial charge on any atom is 0.573 e. The Bertz CT molecular complexity index is 1110. The third-order valence-electron chi connectivity index (χ3n) is 4.94. The first-order chi connectivity index (χ1) is 14.5. The minimum atomic E-state index is -4.84. The van der Waals surface area contributed by atoms with Crippen molar-refractivity contribution < 1.29 is 31.1 Å². The molecule has 0 unspecified atom stereocenters. The zero-order valence-corrected chi connectivity index (χ0v) is 16.5. The molecular weight excluding hydrogens is 444 g/mol. The lowest BCUT2D eigenvalue weighted by atomic mass is 9.97. The van der Waals surface area contributed by atoms with E-state index >= 15 is 0 Å². The number of aromatic amines is 1. The Morgan fingerprint density at radius 2 is 1.71 bits per heavy atom. The van der Waals surface area contributed by atoms with Crippen LogP contribution >= 0.6 is 12.2 Å². The summed E-state index contributed by atoms with van der Waals surface area (Å²) in [5.74, 6) is -0.446. The summed E-state index contributed by atoms with van der Waals surface area (Å²) in [7, 11) is 0. The number of nitrogens with zero attached hydrogens (tertiary/aromatic N) is 1. The molecule has 2 N–H and O–H groups in total. The Hall–Kier alpha value is -2.95. The van der Waals surface area contributed by atoms with Crippen molar-refractivity contribution in [1.82, 2.24) is 9.88 Å². The molecule has 1 atom stereocenters. The van der Waals surface area contributed by atoms with Crippen LogP contribution in [0, 0.1) is 0 Å². The quantitative estimate of drug-likeness (QED) is 0.369. The average Bonchev–Trinajstić information content (AvgIpc) is 3.05. The van der Waals surface area contributed by atoms with Crippen LogP contribution < -0.4 is 10.1 Å². The summed E-state index contributed by atoms with van der Waals surface area (Å²) in [6.07, 6.45) is -9.09. The van der Waals surface area contributed by atoms with Crippen molar-refractivity contribution in [2.75, 3.05) is 11.9 Å².